The van der Waals surface area contributed by atoms with Crippen molar-refractivity contribution in [2.75, 3.05) is 20.3 Å². The molecule has 0 radical (unpaired) electrons. The van der Waals surface area contributed by atoms with Crippen molar-refractivity contribution < 1.29 is 4.74 Å². The minimum atomic E-state index is -0.263. The molecule has 2 rings (SSSR count). The number of rotatable bonds is 2. The smallest absolute Gasteiger partial charge is 0.345 e. The van der Waals surface area contributed by atoms with Crippen LogP contribution in [0.25, 0.3) is 0 Å². The Bertz CT molecular complexity index is 400. The minimum Gasteiger partial charge on any atom is -0.381 e. The van der Waals surface area contributed by atoms with Gasteiger partial charge in [-0.15, -0.1) is 0 Å². The highest BCUT2D eigenvalue weighted by Crippen LogP contribution is 2.13. The van der Waals surface area contributed by atoms with E-state index < -0.39 is 0 Å². The number of ether oxygens (including phenoxy) is 1. The summed E-state index contributed by atoms with van der Waals surface area (Å²) in [4.78, 5) is 18.1. The van der Waals surface area contributed by atoms with Gasteiger partial charge in [0.2, 0.25) is 0 Å². The molecule has 2 heterocycles. The molecule has 0 unspecified atom stereocenters. The van der Waals surface area contributed by atoms with Crippen LogP contribution in [0, 0.1) is 0 Å². The van der Waals surface area contributed by atoms with Crippen LogP contribution in [0.1, 0.15) is 17.0 Å². The molecule has 1 aromatic rings. The third-order valence-corrected chi connectivity index (χ3v) is 2.54. The molecule has 15 heavy (non-hydrogen) atoms. The SMILES string of the molecule is CNCc1nc(=O)[nH]c2c1CCOCC2. The monoisotopic (exact) mass is 209 g/mol. The van der Waals surface area contributed by atoms with E-state index in [4.69, 9.17) is 4.74 Å². The molecule has 0 fully saturated rings. The second-order valence-electron chi connectivity index (χ2n) is 3.59. The molecule has 2 N–H and O–H groups in total. The zero-order chi connectivity index (χ0) is 10.7. The topological polar surface area (TPSA) is 67.0 Å². The van der Waals surface area contributed by atoms with Crippen LogP contribution in [0.4, 0.5) is 0 Å². The molecule has 5 heteroatoms. The Balaban J connectivity index is 2.45. The highest BCUT2D eigenvalue weighted by atomic mass is 16.5. The highest BCUT2D eigenvalue weighted by Gasteiger charge is 2.14. The molecule has 5 nitrogen and oxygen atoms in total. The van der Waals surface area contributed by atoms with Crippen molar-refractivity contribution in [3.8, 4) is 0 Å². The summed E-state index contributed by atoms with van der Waals surface area (Å²) < 4.78 is 5.38. The molecule has 0 amide bonds. The van der Waals surface area contributed by atoms with Crippen molar-refractivity contribution in [2.24, 2.45) is 0 Å². The van der Waals surface area contributed by atoms with Gasteiger partial charge in [0.05, 0.1) is 18.9 Å². The number of aromatic nitrogens is 2. The maximum Gasteiger partial charge on any atom is 0.345 e. The third-order valence-electron chi connectivity index (χ3n) is 2.54. The molecule has 0 bridgehead atoms. The van der Waals surface area contributed by atoms with Gasteiger partial charge in [-0.3, -0.25) is 0 Å². The minimum absolute atomic E-state index is 0.263. The Hall–Kier alpha value is -1.20. The molecular weight excluding hydrogens is 194 g/mol. The maximum atomic E-state index is 11.3. The number of nitrogens with zero attached hydrogens (tertiary/aromatic N) is 1. The van der Waals surface area contributed by atoms with E-state index in [-0.39, 0.29) is 5.69 Å². The summed E-state index contributed by atoms with van der Waals surface area (Å²) in [6.07, 6.45) is 1.60. The number of aromatic amines is 1. The van der Waals surface area contributed by atoms with E-state index in [2.05, 4.69) is 15.3 Å². The maximum absolute atomic E-state index is 11.3. The van der Waals surface area contributed by atoms with E-state index in [0.29, 0.717) is 19.8 Å². The van der Waals surface area contributed by atoms with E-state index in [1.807, 2.05) is 7.05 Å². The predicted octanol–water partition coefficient (Wildman–Crippen LogP) is -0.395. The first-order chi connectivity index (χ1) is 7.31. The lowest BCUT2D eigenvalue weighted by Gasteiger charge is -2.09. The Kier molecular flexibility index (Phi) is 3.13. The van der Waals surface area contributed by atoms with E-state index in [9.17, 15) is 4.79 Å². The number of H-pyrrole nitrogens is 1. The van der Waals surface area contributed by atoms with E-state index in [1.165, 1.54) is 0 Å². The average molecular weight is 209 g/mol. The standard InChI is InChI=1S/C10H15N3O2/c1-11-6-9-7-2-4-15-5-3-8(7)12-10(14)13-9/h11H,2-6H2,1H3,(H,12,13,14). The predicted molar refractivity (Wildman–Crippen MR) is 55.8 cm³/mol. The fourth-order valence-electron chi connectivity index (χ4n) is 1.87. The molecule has 0 aromatic carbocycles. The van der Waals surface area contributed by atoms with Gasteiger partial charge < -0.3 is 15.0 Å². The third kappa shape index (κ3) is 2.24. The number of fused-ring (bicyclic) bond motifs is 1. The van der Waals surface area contributed by atoms with Crippen LogP contribution in [0.5, 0.6) is 0 Å². The Morgan fingerprint density at radius 1 is 1.47 bits per heavy atom. The summed E-state index contributed by atoms with van der Waals surface area (Å²) in [5.41, 5.74) is 2.71. The zero-order valence-electron chi connectivity index (χ0n) is 8.80. The van der Waals surface area contributed by atoms with E-state index in [1.54, 1.807) is 0 Å². The van der Waals surface area contributed by atoms with Gasteiger partial charge in [0.25, 0.3) is 0 Å². The van der Waals surface area contributed by atoms with Crippen molar-refractivity contribution in [2.45, 2.75) is 19.4 Å². The summed E-state index contributed by atoms with van der Waals surface area (Å²) in [5.74, 6) is 0. The summed E-state index contributed by atoms with van der Waals surface area (Å²) in [6.45, 7) is 2.01. The van der Waals surface area contributed by atoms with Gasteiger partial charge in [-0.05, 0) is 19.0 Å². The van der Waals surface area contributed by atoms with Crippen molar-refractivity contribution in [1.29, 1.82) is 0 Å². The molecule has 0 saturated carbocycles. The van der Waals surface area contributed by atoms with Crippen molar-refractivity contribution in [1.82, 2.24) is 15.3 Å². The molecule has 0 atom stereocenters. The molecule has 0 spiro atoms. The quantitative estimate of drug-likeness (QED) is 0.696. The van der Waals surface area contributed by atoms with Crippen LogP contribution in [-0.2, 0) is 24.1 Å². The van der Waals surface area contributed by atoms with Gasteiger partial charge in [0.1, 0.15) is 0 Å². The van der Waals surface area contributed by atoms with Crippen molar-refractivity contribution in [3.63, 3.8) is 0 Å². The normalized spacial score (nSPS) is 15.8. The number of hydrogen-bond donors (Lipinski definition) is 2. The lowest BCUT2D eigenvalue weighted by molar-refractivity contribution is 0.146. The zero-order valence-corrected chi connectivity index (χ0v) is 8.80. The molecule has 1 aromatic heterocycles. The summed E-state index contributed by atoms with van der Waals surface area (Å²) in [6, 6.07) is 0. The van der Waals surface area contributed by atoms with Crippen LogP contribution >= 0.6 is 0 Å². The van der Waals surface area contributed by atoms with Crippen LogP contribution in [0.15, 0.2) is 4.79 Å². The van der Waals surface area contributed by atoms with E-state index in [0.717, 1.165) is 29.8 Å². The Morgan fingerprint density at radius 3 is 3.07 bits per heavy atom. The second kappa shape index (κ2) is 4.55. The summed E-state index contributed by atoms with van der Waals surface area (Å²) >= 11 is 0. The van der Waals surface area contributed by atoms with Gasteiger partial charge >= 0.3 is 5.69 Å². The highest BCUT2D eigenvalue weighted by molar-refractivity contribution is 5.26. The van der Waals surface area contributed by atoms with Gasteiger partial charge in [0, 0.05) is 18.7 Å². The van der Waals surface area contributed by atoms with Crippen molar-refractivity contribution in [3.05, 3.63) is 27.4 Å². The second-order valence-corrected chi connectivity index (χ2v) is 3.59. The van der Waals surface area contributed by atoms with Crippen LogP contribution in [-0.4, -0.2) is 30.2 Å². The largest absolute Gasteiger partial charge is 0.381 e. The fourth-order valence-corrected chi connectivity index (χ4v) is 1.87. The summed E-state index contributed by atoms with van der Waals surface area (Å²) in [5, 5.41) is 3.03. The first kappa shape index (κ1) is 10.3. The van der Waals surface area contributed by atoms with Gasteiger partial charge in [-0.25, -0.2) is 4.79 Å². The van der Waals surface area contributed by atoms with Crippen LogP contribution < -0.4 is 11.0 Å². The van der Waals surface area contributed by atoms with Gasteiger partial charge in [-0.2, -0.15) is 4.98 Å². The van der Waals surface area contributed by atoms with E-state index >= 15 is 0 Å². The molecule has 1 aliphatic rings. The molecule has 0 saturated heterocycles. The summed E-state index contributed by atoms with van der Waals surface area (Å²) in [7, 11) is 1.85. The van der Waals surface area contributed by atoms with Gasteiger partial charge in [0.15, 0.2) is 0 Å². The Morgan fingerprint density at radius 2 is 2.27 bits per heavy atom. The lowest BCUT2D eigenvalue weighted by Crippen LogP contribution is -2.22. The Labute approximate surface area is 87.9 Å². The molecule has 1 aliphatic heterocycles. The first-order valence-electron chi connectivity index (χ1n) is 5.14. The van der Waals surface area contributed by atoms with Crippen molar-refractivity contribution >= 4 is 0 Å². The number of nitrogens with one attached hydrogen (secondary N) is 2. The molecular formula is C10H15N3O2. The van der Waals surface area contributed by atoms with Gasteiger partial charge in [-0.1, -0.05) is 0 Å². The fraction of sp³-hybridized carbons (Fsp3) is 0.600. The first-order valence-corrected chi connectivity index (χ1v) is 5.14. The average Bonchev–Trinajstić information content (AvgIpc) is 2.43. The number of hydrogen-bond acceptors (Lipinski definition) is 4. The van der Waals surface area contributed by atoms with Crippen LogP contribution in [0.2, 0.25) is 0 Å². The molecule has 0 aliphatic carbocycles. The van der Waals surface area contributed by atoms with Crippen LogP contribution in [0.3, 0.4) is 0 Å². The lowest BCUT2D eigenvalue weighted by atomic mass is 10.1. The molecule has 82 valence electrons.